The van der Waals surface area contributed by atoms with Crippen LogP contribution in [0.3, 0.4) is 0 Å². The average Bonchev–Trinajstić information content (AvgIpc) is 0.840. The van der Waals surface area contributed by atoms with E-state index < -0.39 is 23.7 Å². The van der Waals surface area contributed by atoms with Crippen molar-refractivity contribution in [1.29, 1.82) is 0 Å². The Morgan fingerprint density at radius 1 is 0.382 bits per heavy atom. The van der Waals surface area contributed by atoms with Crippen LogP contribution in [0, 0.1) is 37.5 Å². The molecule has 0 aliphatic rings. The number of aromatic nitrogens is 12. The molecule has 0 aliphatic carbocycles. The maximum Gasteiger partial charge on any atom is 2.00 e. The van der Waals surface area contributed by atoms with Crippen molar-refractivity contribution in [2.75, 3.05) is 0 Å². The maximum absolute atomic E-state index is 12.9. The number of thiophene rings is 2. The number of thiocarbonyl (C=S) groups is 2. The summed E-state index contributed by atoms with van der Waals surface area (Å²) in [5, 5.41) is 40.3. The van der Waals surface area contributed by atoms with Crippen LogP contribution in [-0.4, -0.2) is 86.3 Å². The minimum absolute atomic E-state index is 0. The van der Waals surface area contributed by atoms with E-state index in [1.165, 1.54) is 130 Å². The number of carbonyl (C=O) groups is 4. The van der Waals surface area contributed by atoms with Gasteiger partial charge in [-0.15, -0.1) is 22.7 Å². The molecule has 34 heteroatoms. The smallest absolute Gasteiger partial charge is 0.753 e. The van der Waals surface area contributed by atoms with Crippen molar-refractivity contribution in [3.05, 3.63) is 334 Å². The van der Waals surface area contributed by atoms with E-state index in [-0.39, 0.29) is 61.8 Å². The fraction of sp³-hybridized carbons (Fsp3) is 0.145. The molecule has 0 atom stereocenters. The summed E-state index contributed by atoms with van der Waals surface area (Å²) in [6.07, 6.45) is 12.3. The molecular formula is C110H80F6N14O8Ru2S4. The predicted octanol–water partition coefficient (Wildman–Crippen LogP) is 26.4. The fourth-order valence-electron chi connectivity index (χ4n) is 15.7. The molecule has 19 rings (SSSR count). The van der Waals surface area contributed by atoms with E-state index in [1.54, 1.807) is 102 Å². The van der Waals surface area contributed by atoms with E-state index in [0.717, 1.165) is 86.9 Å². The second kappa shape index (κ2) is 51.8. The Kier molecular flexibility index (Phi) is 38.6. The van der Waals surface area contributed by atoms with Gasteiger partial charge in [0.15, 0.2) is 0 Å². The molecule has 144 heavy (non-hydrogen) atoms. The quantitative estimate of drug-likeness (QED) is 0.00710. The third kappa shape index (κ3) is 27.9. The molecular weight excluding hydrogens is 2090 g/mol. The van der Waals surface area contributed by atoms with Gasteiger partial charge >= 0.3 is 51.3 Å². The molecule has 0 spiro atoms. The standard InChI is InChI=1S/C35H19N3O4.C31H17N3O4S.C25H31F3N3S.C17H13F3N3.2CNS.2Ru/c39-20-41-27-13-15-37-31(17-27)33-19-28(42-21-40)18-32(38-33)30-16-22(12-14-36-30)4-5-23-6-7-26-9-8-24-2-1-3-25-10-11-29(23)35(26)34(24)25;35-18-37-22-10-12-33-27(15-22)29-17-23(38-19-36)16-28(34-29)26-14-21(9-11-32-26)6-5-20-7-8-31-25(13-20)24-3-1-2-4-30(24)39-31;1-3-5-7-9-11-18-15-20(12-10-8-6-4-2)32-24(18)19-13-14-29-21(16-19)22-17-23(31-30-22)25(26,27)28;1-10-4-3-5-11(2)16(10)12-6-7-21-13(8-12)14-9-15(23-22-14)17(18,19)20;2*2-1-3;;/h1-3,6-21H;1-4,7-19H;13-17H,3-12H2,1-2H3;3-9H,1-2H3;;;;/q;;4*-1;2*+2. The van der Waals surface area contributed by atoms with Gasteiger partial charge in [0.1, 0.15) is 34.4 Å². The van der Waals surface area contributed by atoms with Gasteiger partial charge in [0, 0.05) is 131 Å². The van der Waals surface area contributed by atoms with Crippen LogP contribution in [0.5, 0.6) is 23.0 Å². The number of rotatable bonds is 26. The van der Waals surface area contributed by atoms with Gasteiger partial charge in [-0.2, -0.15) is 36.7 Å². The number of nitrogens with zero attached hydrogens (tertiary/aromatic N) is 14. The topological polar surface area (TPSA) is 307 Å². The molecule has 22 nitrogen and oxygen atoms in total. The second-order valence-electron chi connectivity index (χ2n) is 31.6. The number of benzene rings is 7. The maximum atomic E-state index is 12.9. The summed E-state index contributed by atoms with van der Waals surface area (Å²) < 4.78 is 99.3. The number of hydrogen-bond acceptors (Lipinski definition) is 22. The molecule has 0 bridgehead atoms. The third-order valence-electron chi connectivity index (χ3n) is 22.1. The first-order valence-electron chi connectivity index (χ1n) is 44.2. The monoisotopic (exact) mass is 2170 g/mol. The van der Waals surface area contributed by atoms with Gasteiger partial charge in [0.05, 0.1) is 51.2 Å². The number of alkyl halides is 6. The number of isothiocyanates is 2. The molecule has 0 saturated carbocycles. The molecule has 0 unspecified atom stereocenters. The van der Waals surface area contributed by atoms with Crippen molar-refractivity contribution in [2.24, 2.45) is 0 Å². The Labute approximate surface area is 867 Å². The molecule has 19 aromatic rings. The van der Waals surface area contributed by atoms with Crippen molar-refractivity contribution in [2.45, 2.75) is 104 Å². The van der Waals surface area contributed by atoms with E-state index in [9.17, 15) is 45.5 Å². The Morgan fingerprint density at radius 2 is 0.806 bits per heavy atom. The van der Waals surface area contributed by atoms with Gasteiger partial charge in [0.2, 0.25) is 0 Å². The van der Waals surface area contributed by atoms with Gasteiger partial charge in [0.25, 0.3) is 25.9 Å². The van der Waals surface area contributed by atoms with Gasteiger partial charge in [-0.25, -0.2) is 9.97 Å². The van der Waals surface area contributed by atoms with E-state index in [0.29, 0.717) is 94.3 Å². The van der Waals surface area contributed by atoms with Crippen molar-refractivity contribution in [3.8, 4) is 137 Å². The van der Waals surface area contributed by atoms with Crippen molar-refractivity contribution in [3.63, 3.8) is 0 Å². The van der Waals surface area contributed by atoms with Crippen LogP contribution in [0.2, 0.25) is 0 Å². The zero-order valence-corrected chi connectivity index (χ0v) is 83.7. The number of halogens is 6. The summed E-state index contributed by atoms with van der Waals surface area (Å²) in [5.74, 6) is 14.3. The fourth-order valence-corrected chi connectivity index (χ4v) is 18.0. The second-order valence-corrected chi connectivity index (χ2v) is 34.2. The van der Waals surface area contributed by atoms with Crippen LogP contribution in [0.4, 0.5) is 26.3 Å². The van der Waals surface area contributed by atoms with Gasteiger partial charge in [-0.1, -0.05) is 197 Å². The number of hydrogen-bond donors (Lipinski definition) is 0. The zero-order valence-electron chi connectivity index (χ0n) is 76.9. The largest absolute Gasteiger partial charge is 2.00 e. The molecule has 0 N–H and O–H groups in total. The van der Waals surface area contributed by atoms with E-state index in [2.05, 4.69) is 202 Å². The van der Waals surface area contributed by atoms with Crippen molar-refractivity contribution >= 4 is 136 Å². The van der Waals surface area contributed by atoms with Gasteiger partial charge < -0.3 is 50.2 Å². The molecule has 0 saturated heterocycles. The van der Waals surface area contributed by atoms with E-state index in [4.69, 9.17) is 34.7 Å². The van der Waals surface area contributed by atoms with Crippen LogP contribution >= 0.6 is 47.1 Å². The van der Waals surface area contributed by atoms with Crippen molar-refractivity contribution in [1.82, 2.24) is 60.3 Å². The molecule has 720 valence electrons. The summed E-state index contributed by atoms with van der Waals surface area (Å²) >= 11 is 11.0. The Morgan fingerprint density at radius 3 is 1.32 bits per heavy atom. The SMILES string of the molecule is CCCCCCc1cc(CCCCCC)c(-c2ccnc(-c3cc(C(F)(F)F)n[n-]3)c2)s1.Cc1cccc(C)c1-c1ccnc(-c2cc(C(F)(F)F)n[n-]2)c1.O=COc1ccnc(-c2cc(OC=O)cc(-c3cc(C#Cc4ccc5ccc6cccc7ccc4c5c67)ccn3)n2)c1.O=COc1ccnc(-c2cc(OC=O)cc(-c3cc(C#Cc4ccc5sc6ccccc6c5c4)ccn3)n2)c1.[N-]=C=S.[N-]=C=S.[Ru+2].[Ru+2]. The van der Waals surface area contributed by atoms with Crippen LogP contribution in [-0.2, 0) is 83.3 Å². The number of fused-ring (bicyclic) bond motifs is 3. The van der Waals surface area contributed by atoms with E-state index >= 15 is 0 Å². The number of unbranched alkanes of at least 4 members (excludes halogenated alkanes) is 6. The summed E-state index contributed by atoms with van der Waals surface area (Å²) in [6, 6.07) is 71.1. The van der Waals surface area contributed by atoms with Gasteiger partial charge in [-0.3, -0.25) is 49.1 Å². The Bertz CT molecular complexity index is 7930. The minimum atomic E-state index is -4.51. The minimum Gasteiger partial charge on any atom is -0.753 e. The summed E-state index contributed by atoms with van der Waals surface area (Å²) in [4.78, 5) is 81.6. The zero-order chi connectivity index (χ0) is 100. The van der Waals surface area contributed by atoms with Crippen LogP contribution in [0.25, 0.3) is 153 Å². The first kappa shape index (κ1) is 107. The normalized spacial score (nSPS) is 10.7. The summed E-state index contributed by atoms with van der Waals surface area (Å²) in [6.45, 7) is 9.76. The molecule has 0 radical (unpaired) electrons. The van der Waals surface area contributed by atoms with E-state index in [1.807, 2.05) is 92.7 Å². The average molecular weight is 2170 g/mol. The molecule has 7 aromatic carbocycles. The Balaban J connectivity index is 0.000000170. The number of ether oxygens (including phenoxy) is 4. The molecule has 0 amide bonds. The predicted molar refractivity (Wildman–Crippen MR) is 547 cm³/mol. The van der Waals surface area contributed by atoms with Crippen LogP contribution in [0.15, 0.2) is 268 Å². The number of pyridine rings is 8. The van der Waals surface area contributed by atoms with Crippen LogP contribution in [0.1, 0.15) is 120 Å². The first-order chi connectivity index (χ1) is 69.0. The molecule has 12 aromatic heterocycles. The number of aryl methyl sites for hydroxylation is 4. The van der Waals surface area contributed by atoms with Crippen LogP contribution < -0.4 is 29.1 Å². The molecule has 12 heterocycles. The number of carbonyl (C=O) groups excluding carboxylic acids is 4. The molecule has 0 fully saturated rings. The van der Waals surface area contributed by atoms with Crippen molar-refractivity contribution < 1.29 is 103 Å². The summed E-state index contributed by atoms with van der Waals surface area (Å²) in [7, 11) is 0. The third-order valence-corrected chi connectivity index (χ3v) is 24.6. The molecule has 0 aliphatic heterocycles. The van der Waals surface area contributed by atoms with Gasteiger partial charge in [-0.05, 0) is 214 Å². The Hall–Kier alpha value is -15.5. The first-order valence-corrected chi connectivity index (χ1v) is 46.7. The summed E-state index contributed by atoms with van der Waals surface area (Å²) in [5.41, 5.74) is 12.5.